The van der Waals surface area contributed by atoms with Crippen LogP contribution >= 0.6 is 0 Å². The Morgan fingerprint density at radius 2 is 1.88 bits per heavy atom. The fourth-order valence-corrected chi connectivity index (χ4v) is 2.53. The summed E-state index contributed by atoms with van der Waals surface area (Å²) in [6, 6.07) is 10.1. The number of allylic oxidation sites excluding steroid dienone is 2. The van der Waals surface area contributed by atoms with Gasteiger partial charge in [0.1, 0.15) is 0 Å². The summed E-state index contributed by atoms with van der Waals surface area (Å²) in [6.07, 6.45) is 2.11. The van der Waals surface area contributed by atoms with Crippen molar-refractivity contribution in [2.45, 2.75) is 20.8 Å². The molecule has 2 atom stereocenters. The Morgan fingerprint density at radius 1 is 1.29 bits per heavy atom. The van der Waals surface area contributed by atoms with Crippen LogP contribution in [-0.2, 0) is 4.79 Å². The van der Waals surface area contributed by atoms with Gasteiger partial charge in [-0.2, -0.15) is 0 Å². The van der Waals surface area contributed by atoms with E-state index in [4.69, 9.17) is 5.11 Å². The zero-order valence-corrected chi connectivity index (χ0v) is 10.5. The summed E-state index contributed by atoms with van der Waals surface area (Å²) < 4.78 is 0. The lowest BCUT2D eigenvalue weighted by molar-refractivity contribution is -0.139. The highest BCUT2D eigenvalue weighted by Gasteiger charge is 2.60. The molecule has 2 rings (SSSR count). The van der Waals surface area contributed by atoms with Crippen LogP contribution < -0.4 is 0 Å². The average Bonchev–Trinajstić information content (AvgIpc) is 2.81. The van der Waals surface area contributed by atoms with E-state index < -0.39 is 5.97 Å². The number of carboxylic acids is 1. The Hall–Kier alpha value is -1.57. The maximum Gasteiger partial charge on any atom is 0.307 e. The van der Waals surface area contributed by atoms with Crippen LogP contribution in [0.3, 0.4) is 0 Å². The number of carboxylic acid groups (broad SMARTS) is 1. The second kappa shape index (κ2) is 4.02. The Bertz CT molecular complexity index is 457. The Balaban J connectivity index is 2.20. The quantitative estimate of drug-likeness (QED) is 0.863. The normalized spacial score (nSPS) is 26.6. The molecule has 1 aliphatic carbocycles. The maximum absolute atomic E-state index is 11.1. The number of rotatable bonds is 3. The number of carbonyl (C=O) groups is 1. The van der Waals surface area contributed by atoms with E-state index in [0.717, 1.165) is 5.57 Å². The number of hydrogen-bond donors (Lipinski definition) is 1. The van der Waals surface area contributed by atoms with Gasteiger partial charge in [-0.1, -0.05) is 50.3 Å². The van der Waals surface area contributed by atoms with Crippen molar-refractivity contribution in [1.82, 2.24) is 0 Å². The molecule has 2 nitrogen and oxygen atoms in total. The highest BCUT2D eigenvalue weighted by atomic mass is 16.4. The lowest BCUT2D eigenvalue weighted by atomic mass is 10.0. The van der Waals surface area contributed by atoms with Crippen molar-refractivity contribution in [2.75, 3.05) is 0 Å². The molecule has 2 heteroatoms. The summed E-state index contributed by atoms with van der Waals surface area (Å²) >= 11 is 0. The second-order valence-electron chi connectivity index (χ2n) is 5.38. The van der Waals surface area contributed by atoms with Crippen LogP contribution in [0.2, 0.25) is 0 Å². The lowest BCUT2D eigenvalue weighted by Crippen LogP contribution is -2.03. The molecule has 2 unspecified atom stereocenters. The monoisotopic (exact) mass is 230 g/mol. The van der Waals surface area contributed by atoms with E-state index in [1.807, 2.05) is 39.0 Å². The van der Waals surface area contributed by atoms with Crippen LogP contribution in [-0.4, -0.2) is 11.1 Å². The minimum absolute atomic E-state index is 0.109. The van der Waals surface area contributed by atoms with Gasteiger partial charge >= 0.3 is 5.97 Å². The fourth-order valence-electron chi connectivity index (χ4n) is 2.53. The Kier molecular flexibility index (Phi) is 2.82. The topological polar surface area (TPSA) is 37.3 Å². The molecule has 1 aromatic carbocycles. The third kappa shape index (κ3) is 2.12. The minimum atomic E-state index is -0.683. The van der Waals surface area contributed by atoms with Crippen molar-refractivity contribution in [1.29, 1.82) is 0 Å². The van der Waals surface area contributed by atoms with E-state index >= 15 is 0 Å². The van der Waals surface area contributed by atoms with Gasteiger partial charge in [-0.05, 0) is 29.4 Å². The summed E-state index contributed by atoms with van der Waals surface area (Å²) in [5.74, 6) is -0.765. The van der Waals surface area contributed by atoms with Gasteiger partial charge in [-0.15, -0.1) is 0 Å². The van der Waals surface area contributed by atoms with Crippen LogP contribution in [0.1, 0.15) is 26.3 Å². The van der Waals surface area contributed by atoms with Gasteiger partial charge < -0.3 is 5.11 Å². The molecule has 1 fully saturated rings. The summed E-state index contributed by atoms with van der Waals surface area (Å²) in [5.41, 5.74) is 2.22. The maximum atomic E-state index is 11.1. The molecule has 1 saturated carbocycles. The van der Waals surface area contributed by atoms with Crippen LogP contribution in [0.15, 0.2) is 36.4 Å². The van der Waals surface area contributed by atoms with Gasteiger partial charge in [0, 0.05) is 0 Å². The largest absolute Gasteiger partial charge is 0.481 e. The van der Waals surface area contributed by atoms with Gasteiger partial charge in [0.05, 0.1) is 5.92 Å². The van der Waals surface area contributed by atoms with E-state index in [-0.39, 0.29) is 17.3 Å². The van der Waals surface area contributed by atoms with Crippen molar-refractivity contribution in [3.8, 4) is 0 Å². The first-order valence-corrected chi connectivity index (χ1v) is 5.91. The molecule has 1 N–H and O–H groups in total. The standard InChI is InChI=1S/C15H18O2/c1-10(11-7-5-4-6-8-11)9-12-13(14(16)17)15(12,2)3/h4-9,12-13H,1-3H3,(H,16,17). The van der Waals surface area contributed by atoms with Gasteiger partial charge in [0.25, 0.3) is 0 Å². The van der Waals surface area contributed by atoms with Crippen LogP contribution in [0.25, 0.3) is 5.57 Å². The van der Waals surface area contributed by atoms with Crippen LogP contribution in [0.4, 0.5) is 0 Å². The smallest absolute Gasteiger partial charge is 0.307 e. The van der Waals surface area contributed by atoms with Crippen molar-refractivity contribution in [3.05, 3.63) is 42.0 Å². The van der Waals surface area contributed by atoms with E-state index in [1.165, 1.54) is 5.56 Å². The molecule has 0 aromatic heterocycles. The molecule has 0 spiro atoms. The average molecular weight is 230 g/mol. The summed E-state index contributed by atoms with van der Waals surface area (Å²) in [4.78, 5) is 11.1. The molecule has 0 radical (unpaired) electrons. The summed E-state index contributed by atoms with van der Waals surface area (Å²) in [7, 11) is 0. The minimum Gasteiger partial charge on any atom is -0.481 e. The summed E-state index contributed by atoms with van der Waals surface area (Å²) in [5, 5.41) is 9.11. The third-order valence-electron chi connectivity index (χ3n) is 3.84. The molecule has 17 heavy (non-hydrogen) atoms. The van der Waals surface area contributed by atoms with E-state index in [2.05, 4.69) is 18.2 Å². The van der Waals surface area contributed by atoms with E-state index in [9.17, 15) is 4.79 Å². The summed E-state index contributed by atoms with van der Waals surface area (Å²) in [6.45, 7) is 6.08. The van der Waals surface area contributed by atoms with E-state index in [1.54, 1.807) is 0 Å². The molecule has 1 aromatic rings. The fraction of sp³-hybridized carbons (Fsp3) is 0.400. The predicted molar refractivity (Wildman–Crippen MR) is 68.5 cm³/mol. The van der Waals surface area contributed by atoms with Crippen LogP contribution in [0.5, 0.6) is 0 Å². The molecular formula is C15H18O2. The highest BCUT2D eigenvalue weighted by molar-refractivity contribution is 5.77. The van der Waals surface area contributed by atoms with E-state index in [0.29, 0.717) is 0 Å². The van der Waals surface area contributed by atoms with Gasteiger partial charge in [0.15, 0.2) is 0 Å². The van der Waals surface area contributed by atoms with Gasteiger partial charge in [-0.25, -0.2) is 0 Å². The molecular weight excluding hydrogens is 212 g/mol. The number of hydrogen-bond acceptors (Lipinski definition) is 1. The van der Waals surface area contributed by atoms with Crippen molar-refractivity contribution >= 4 is 11.5 Å². The zero-order chi connectivity index (χ0) is 12.6. The highest BCUT2D eigenvalue weighted by Crippen LogP contribution is 2.59. The van der Waals surface area contributed by atoms with Crippen LogP contribution in [0, 0.1) is 17.3 Å². The first-order valence-electron chi connectivity index (χ1n) is 5.91. The third-order valence-corrected chi connectivity index (χ3v) is 3.84. The first-order chi connectivity index (χ1) is 7.94. The predicted octanol–water partition coefficient (Wildman–Crippen LogP) is 3.45. The van der Waals surface area contributed by atoms with Crippen molar-refractivity contribution < 1.29 is 9.90 Å². The zero-order valence-electron chi connectivity index (χ0n) is 10.5. The molecule has 0 heterocycles. The first kappa shape index (κ1) is 11.9. The molecule has 90 valence electrons. The molecule has 1 aliphatic rings. The molecule has 0 saturated heterocycles. The number of aliphatic carboxylic acids is 1. The van der Waals surface area contributed by atoms with Gasteiger partial charge in [0.2, 0.25) is 0 Å². The Morgan fingerprint density at radius 3 is 2.35 bits per heavy atom. The number of benzene rings is 1. The molecule has 0 bridgehead atoms. The molecule has 0 aliphatic heterocycles. The van der Waals surface area contributed by atoms with Crippen molar-refractivity contribution in [2.24, 2.45) is 17.3 Å². The second-order valence-corrected chi connectivity index (χ2v) is 5.38. The van der Waals surface area contributed by atoms with Gasteiger partial charge in [-0.3, -0.25) is 4.79 Å². The lowest BCUT2D eigenvalue weighted by Gasteiger charge is -2.02. The Labute approximate surface area is 102 Å². The van der Waals surface area contributed by atoms with Crippen molar-refractivity contribution in [3.63, 3.8) is 0 Å². The molecule has 0 amide bonds. The SMILES string of the molecule is CC(=CC1C(C(=O)O)C1(C)C)c1ccccc1.